The van der Waals surface area contributed by atoms with Gasteiger partial charge in [0.05, 0.1) is 6.54 Å². The molecule has 0 aliphatic carbocycles. The maximum atomic E-state index is 13.6. The second-order valence-corrected chi connectivity index (χ2v) is 9.34. The van der Waals surface area contributed by atoms with Crippen molar-refractivity contribution < 1.29 is 23.5 Å². The molecule has 184 valence electrons. The lowest BCUT2D eigenvalue weighted by atomic mass is 10.1. The van der Waals surface area contributed by atoms with Crippen LogP contribution in [0.15, 0.2) is 59.0 Å². The van der Waals surface area contributed by atoms with Gasteiger partial charge in [-0.1, -0.05) is 38.1 Å². The van der Waals surface area contributed by atoms with Gasteiger partial charge in [0.25, 0.3) is 5.91 Å². The summed E-state index contributed by atoms with van der Waals surface area (Å²) < 4.78 is 16.7. The summed E-state index contributed by atoms with van der Waals surface area (Å²) in [5, 5.41) is 0. The third kappa shape index (κ3) is 6.04. The number of benzene rings is 2. The molecule has 0 N–H and O–H groups in total. The molecule has 2 aromatic carbocycles. The number of nitrogens with zero attached hydrogens (tertiary/aromatic N) is 2. The van der Waals surface area contributed by atoms with Crippen molar-refractivity contribution in [3.63, 3.8) is 0 Å². The number of carbonyl (C=O) groups is 2. The van der Waals surface area contributed by atoms with E-state index in [0.29, 0.717) is 42.5 Å². The molecule has 0 spiro atoms. The number of fused-ring (bicyclic) bond motifs is 1. The van der Waals surface area contributed by atoms with Crippen molar-refractivity contribution in [3.05, 3.63) is 82.8 Å². The number of hydrogen-bond acceptors (Lipinski definition) is 5. The molecule has 0 bridgehead atoms. The van der Waals surface area contributed by atoms with E-state index < -0.39 is 0 Å². The van der Waals surface area contributed by atoms with Crippen LogP contribution >= 0.6 is 0 Å². The molecule has 4 rings (SSSR count). The fourth-order valence-electron chi connectivity index (χ4n) is 4.16. The quantitative estimate of drug-likeness (QED) is 0.437. The molecule has 0 saturated carbocycles. The molecule has 1 aliphatic heterocycles. The Morgan fingerprint density at radius 2 is 1.69 bits per heavy atom. The van der Waals surface area contributed by atoms with Crippen LogP contribution < -0.4 is 9.47 Å². The molecule has 7 nitrogen and oxygen atoms in total. The molecule has 35 heavy (non-hydrogen) atoms. The number of carbonyl (C=O) groups excluding carboxylic acids is 2. The molecular formula is C28H32N2O5. The van der Waals surface area contributed by atoms with Crippen LogP contribution in [0.2, 0.25) is 0 Å². The third-order valence-electron chi connectivity index (χ3n) is 5.88. The second kappa shape index (κ2) is 10.7. The van der Waals surface area contributed by atoms with Gasteiger partial charge in [-0.3, -0.25) is 9.59 Å². The van der Waals surface area contributed by atoms with Crippen LogP contribution in [0.3, 0.4) is 0 Å². The third-order valence-corrected chi connectivity index (χ3v) is 5.88. The molecule has 0 atom stereocenters. The Labute approximate surface area is 206 Å². The predicted octanol–water partition coefficient (Wildman–Crippen LogP) is 4.95. The number of aryl methyl sites for hydroxylation is 2. The number of furan rings is 1. The Morgan fingerprint density at radius 3 is 2.40 bits per heavy atom. The summed E-state index contributed by atoms with van der Waals surface area (Å²) in [7, 11) is 0. The van der Waals surface area contributed by atoms with Gasteiger partial charge in [-0.25, -0.2) is 0 Å². The van der Waals surface area contributed by atoms with Crippen LogP contribution in [-0.4, -0.2) is 41.5 Å². The van der Waals surface area contributed by atoms with Gasteiger partial charge in [0.1, 0.15) is 18.1 Å². The number of hydrogen-bond donors (Lipinski definition) is 0. The van der Waals surface area contributed by atoms with Gasteiger partial charge in [0.2, 0.25) is 12.7 Å². The van der Waals surface area contributed by atoms with Gasteiger partial charge in [0, 0.05) is 18.7 Å². The Bertz CT molecular complexity index is 1200. The van der Waals surface area contributed by atoms with E-state index in [1.54, 1.807) is 9.80 Å². The maximum absolute atomic E-state index is 13.6. The molecule has 1 aromatic heterocycles. The summed E-state index contributed by atoms with van der Waals surface area (Å²) in [4.78, 5) is 30.4. The Morgan fingerprint density at radius 1 is 0.914 bits per heavy atom. The first-order valence-corrected chi connectivity index (χ1v) is 11.9. The van der Waals surface area contributed by atoms with E-state index in [2.05, 4.69) is 0 Å². The minimum atomic E-state index is -0.153. The Hall–Kier alpha value is -3.74. The van der Waals surface area contributed by atoms with Crippen molar-refractivity contribution in [1.82, 2.24) is 9.80 Å². The second-order valence-electron chi connectivity index (χ2n) is 9.34. The van der Waals surface area contributed by atoms with Crippen LogP contribution in [0, 0.1) is 19.8 Å². The fraction of sp³-hybridized carbons (Fsp3) is 0.357. The lowest BCUT2D eigenvalue weighted by Crippen LogP contribution is -2.44. The van der Waals surface area contributed by atoms with Crippen molar-refractivity contribution >= 4 is 11.8 Å². The SMILES string of the molecule is Cc1ccc(CN(Cc2ccc3c(c2)OCO3)C(=O)CN(CC(C)C)C(=O)c2ccccc2C)o1. The van der Waals surface area contributed by atoms with Crippen molar-refractivity contribution in [3.8, 4) is 11.5 Å². The van der Waals surface area contributed by atoms with Crippen LogP contribution in [0.5, 0.6) is 11.5 Å². The number of rotatable bonds is 9. The van der Waals surface area contributed by atoms with Crippen molar-refractivity contribution in [2.45, 2.75) is 40.8 Å². The van der Waals surface area contributed by atoms with Crippen LogP contribution in [0.4, 0.5) is 0 Å². The molecule has 1 aliphatic rings. The van der Waals surface area contributed by atoms with Gasteiger partial charge in [-0.2, -0.15) is 0 Å². The zero-order valence-electron chi connectivity index (χ0n) is 20.7. The van der Waals surface area contributed by atoms with Gasteiger partial charge in [-0.05, 0) is 61.2 Å². The van der Waals surface area contributed by atoms with E-state index in [-0.39, 0.29) is 31.1 Å². The highest BCUT2D eigenvalue weighted by atomic mass is 16.7. The first-order chi connectivity index (χ1) is 16.8. The van der Waals surface area contributed by atoms with Gasteiger partial charge < -0.3 is 23.7 Å². The van der Waals surface area contributed by atoms with Crippen molar-refractivity contribution in [2.75, 3.05) is 19.9 Å². The largest absolute Gasteiger partial charge is 0.464 e. The fourth-order valence-corrected chi connectivity index (χ4v) is 4.16. The molecule has 0 radical (unpaired) electrons. The minimum absolute atomic E-state index is 0.0183. The highest BCUT2D eigenvalue weighted by Crippen LogP contribution is 2.33. The molecule has 2 heterocycles. The summed E-state index contributed by atoms with van der Waals surface area (Å²) in [6.07, 6.45) is 0. The van der Waals surface area contributed by atoms with E-state index in [9.17, 15) is 9.59 Å². The van der Waals surface area contributed by atoms with E-state index in [0.717, 1.165) is 16.9 Å². The molecule has 0 unspecified atom stereocenters. The maximum Gasteiger partial charge on any atom is 0.254 e. The van der Waals surface area contributed by atoms with E-state index in [4.69, 9.17) is 13.9 Å². The van der Waals surface area contributed by atoms with Crippen LogP contribution in [0.25, 0.3) is 0 Å². The Kier molecular flexibility index (Phi) is 7.44. The topological polar surface area (TPSA) is 72.2 Å². The molecule has 2 amide bonds. The predicted molar refractivity (Wildman–Crippen MR) is 132 cm³/mol. The first-order valence-electron chi connectivity index (χ1n) is 11.9. The molecule has 0 saturated heterocycles. The Balaban J connectivity index is 1.57. The van der Waals surface area contributed by atoms with E-state index in [1.165, 1.54) is 0 Å². The van der Waals surface area contributed by atoms with Crippen molar-refractivity contribution in [1.29, 1.82) is 0 Å². The normalized spacial score (nSPS) is 12.1. The van der Waals surface area contributed by atoms with Crippen LogP contribution in [-0.2, 0) is 17.9 Å². The molecule has 3 aromatic rings. The van der Waals surface area contributed by atoms with Crippen LogP contribution in [0.1, 0.15) is 46.9 Å². The summed E-state index contributed by atoms with van der Waals surface area (Å²) in [5.74, 6) is 2.76. The average Bonchev–Trinajstić information content (AvgIpc) is 3.46. The smallest absolute Gasteiger partial charge is 0.254 e. The average molecular weight is 477 g/mol. The summed E-state index contributed by atoms with van der Waals surface area (Å²) in [6.45, 7) is 9.17. The summed E-state index contributed by atoms with van der Waals surface area (Å²) in [6, 6.07) is 16.9. The number of amides is 2. The van der Waals surface area contributed by atoms with Crippen molar-refractivity contribution in [2.24, 2.45) is 5.92 Å². The highest BCUT2D eigenvalue weighted by molar-refractivity contribution is 5.97. The summed E-state index contributed by atoms with van der Waals surface area (Å²) >= 11 is 0. The lowest BCUT2D eigenvalue weighted by Gasteiger charge is -2.29. The highest BCUT2D eigenvalue weighted by Gasteiger charge is 2.25. The van der Waals surface area contributed by atoms with Gasteiger partial charge >= 0.3 is 0 Å². The van der Waals surface area contributed by atoms with Gasteiger partial charge in [0.15, 0.2) is 11.5 Å². The lowest BCUT2D eigenvalue weighted by molar-refractivity contribution is -0.133. The number of ether oxygens (including phenoxy) is 2. The monoisotopic (exact) mass is 476 g/mol. The van der Waals surface area contributed by atoms with Gasteiger partial charge in [-0.15, -0.1) is 0 Å². The summed E-state index contributed by atoms with van der Waals surface area (Å²) in [5.41, 5.74) is 2.42. The molecular weight excluding hydrogens is 444 g/mol. The van der Waals surface area contributed by atoms with E-state index >= 15 is 0 Å². The standard InChI is InChI=1S/C28H32N2O5/c1-19(2)14-30(28(32)24-8-6-5-7-20(24)3)17-27(31)29(16-23-11-9-21(4)35-23)15-22-10-12-25-26(13-22)34-18-33-25/h5-13,19H,14-18H2,1-4H3. The molecule has 0 fully saturated rings. The molecule has 7 heteroatoms. The minimum Gasteiger partial charge on any atom is -0.464 e. The zero-order valence-corrected chi connectivity index (χ0v) is 20.7. The first kappa shape index (κ1) is 24.4. The van der Waals surface area contributed by atoms with E-state index in [1.807, 2.05) is 82.3 Å². The zero-order chi connectivity index (χ0) is 24.9.